The van der Waals surface area contributed by atoms with Crippen LogP contribution in [0.15, 0.2) is 48.5 Å². The molecule has 1 atom stereocenters. The Morgan fingerprint density at radius 1 is 0.951 bits per heavy atom. The van der Waals surface area contributed by atoms with Crippen molar-refractivity contribution < 1.29 is 9.59 Å². The molecule has 2 amide bonds. The van der Waals surface area contributed by atoms with E-state index in [2.05, 4.69) is 16.7 Å². The summed E-state index contributed by atoms with van der Waals surface area (Å²) in [5.74, 6) is 0.809. The highest BCUT2D eigenvalue weighted by Gasteiger charge is 2.32. The van der Waals surface area contributed by atoms with Crippen LogP contribution in [0.3, 0.4) is 0 Å². The lowest BCUT2D eigenvalue weighted by Crippen LogP contribution is -2.50. The van der Waals surface area contributed by atoms with Crippen LogP contribution in [0.1, 0.15) is 93.0 Å². The quantitative estimate of drug-likeness (QED) is 0.249. The van der Waals surface area contributed by atoms with E-state index in [0.29, 0.717) is 34.1 Å². The smallest absolute Gasteiger partial charge is 0.253 e. The summed E-state index contributed by atoms with van der Waals surface area (Å²) in [5.41, 5.74) is 1.80. The van der Waals surface area contributed by atoms with Crippen molar-refractivity contribution in [2.45, 2.75) is 83.1 Å². The Bertz CT molecular complexity index is 1110. The highest BCUT2D eigenvalue weighted by Crippen LogP contribution is 2.31. The number of amides is 2. The average molecular weight is 601 g/mol. The van der Waals surface area contributed by atoms with Gasteiger partial charge < -0.3 is 14.7 Å². The minimum absolute atomic E-state index is 0.0197. The number of carbonyl (C=O) groups is 2. The fourth-order valence-electron chi connectivity index (χ4n) is 6.52. The summed E-state index contributed by atoms with van der Waals surface area (Å²) in [7, 11) is 1.87. The molecule has 0 bridgehead atoms. The van der Waals surface area contributed by atoms with Crippen molar-refractivity contribution in [3.8, 4) is 0 Å². The zero-order valence-electron chi connectivity index (χ0n) is 24.9. The lowest BCUT2D eigenvalue weighted by Gasteiger charge is -2.41. The number of unbranched alkanes of at least 4 members (excludes halogenated alkanes) is 1. The van der Waals surface area contributed by atoms with Crippen molar-refractivity contribution in [3.05, 3.63) is 69.7 Å². The van der Waals surface area contributed by atoms with Gasteiger partial charge in [-0.25, -0.2) is 0 Å². The SMILES string of the molecule is CCCCN(C(=O)C1CCCCC1)C1CCN(CC[C@H](CN(C)C(=O)c2ccccc2)c2ccc(Cl)c(Cl)c2)CC1. The predicted octanol–water partition coefficient (Wildman–Crippen LogP) is 7.91. The molecule has 41 heavy (non-hydrogen) atoms. The molecule has 0 radical (unpaired) electrons. The Hall–Kier alpha value is -2.08. The van der Waals surface area contributed by atoms with Crippen molar-refractivity contribution in [1.29, 1.82) is 0 Å². The Kier molecular flexibility index (Phi) is 12.4. The molecular weight excluding hydrogens is 553 g/mol. The molecule has 4 rings (SSSR count). The van der Waals surface area contributed by atoms with Crippen molar-refractivity contribution in [2.24, 2.45) is 5.92 Å². The van der Waals surface area contributed by atoms with E-state index in [9.17, 15) is 9.59 Å². The molecule has 2 fully saturated rings. The monoisotopic (exact) mass is 599 g/mol. The van der Waals surface area contributed by atoms with Gasteiger partial charge in [-0.3, -0.25) is 9.59 Å². The Morgan fingerprint density at radius 3 is 2.32 bits per heavy atom. The Labute approximate surface area is 257 Å². The number of likely N-dealkylation sites (tertiary alicyclic amines) is 1. The molecule has 1 aliphatic carbocycles. The van der Waals surface area contributed by atoms with E-state index < -0.39 is 0 Å². The molecule has 0 N–H and O–H groups in total. The molecule has 0 unspecified atom stereocenters. The first kappa shape index (κ1) is 31.8. The summed E-state index contributed by atoms with van der Waals surface area (Å²) in [6.07, 6.45) is 11.0. The van der Waals surface area contributed by atoms with Gasteiger partial charge in [-0.1, -0.05) is 80.1 Å². The van der Waals surface area contributed by atoms with Gasteiger partial charge in [0.25, 0.3) is 5.91 Å². The van der Waals surface area contributed by atoms with Gasteiger partial charge in [-0.15, -0.1) is 0 Å². The summed E-state index contributed by atoms with van der Waals surface area (Å²) in [6, 6.07) is 15.6. The molecule has 2 aromatic carbocycles. The van der Waals surface area contributed by atoms with Gasteiger partial charge in [-0.2, -0.15) is 0 Å². The molecule has 2 aromatic rings. The van der Waals surface area contributed by atoms with E-state index in [0.717, 1.165) is 76.7 Å². The fourth-order valence-corrected chi connectivity index (χ4v) is 6.83. The number of hydrogen-bond acceptors (Lipinski definition) is 3. The van der Waals surface area contributed by atoms with Gasteiger partial charge in [-0.05, 0) is 74.9 Å². The first-order valence-electron chi connectivity index (χ1n) is 15.7. The first-order valence-corrected chi connectivity index (χ1v) is 16.4. The maximum atomic E-state index is 13.5. The van der Waals surface area contributed by atoms with Gasteiger partial charge in [0.05, 0.1) is 10.0 Å². The van der Waals surface area contributed by atoms with Crippen molar-refractivity contribution in [1.82, 2.24) is 14.7 Å². The van der Waals surface area contributed by atoms with E-state index in [-0.39, 0.29) is 17.7 Å². The summed E-state index contributed by atoms with van der Waals surface area (Å²) in [5, 5.41) is 1.09. The van der Waals surface area contributed by atoms with E-state index in [1.807, 2.05) is 60.5 Å². The third-order valence-corrected chi connectivity index (χ3v) is 9.80. The molecule has 0 spiro atoms. The molecule has 5 nitrogen and oxygen atoms in total. The number of halogens is 2. The zero-order valence-corrected chi connectivity index (χ0v) is 26.4. The highest BCUT2D eigenvalue weighted by molar-refractivity contribution is 6.42. The standard InChI is InChI=1S/C34H47Cl2N3O2/c1-3-4-20-39(34(41)27-13-9-6-10-14-27)30-18-22-38(23-19-30)21-17-29(28-15-16-31(35)32(36)24-28)25-37(2)33(40)26-11-7-5-8-12-26/h5,7-8,11-12,15-16,24,27,29-30H,3-4,6,9-10,13-14,17-23,25H2,1-2H3/t29-/m1/s1. The maximum Gasteiger partial charge on any atom is 0.253 e. The molecule has 1 saturated carbocycles. The third kappa shape index (κ3) is 8.95. The van der Waals surface area contributed by atoms with E-state index in [1.54, 1.807) is 0 Å². The number of benzene rings is 2. The topological polar surface area (TPSA) is 43.9 Å². The maximum absolute atomic E-state index is 13.5. The molecule has 1 saturated heterocycles. The number of likely N-dealkylation sites (N-methyl/N-ethyl adjacent to an activating group) is 1. The average Bonchev–Trinajstić information content (AvgIpc) is 3.01. The van der Waals surface area contributed by atoms with Gasteiger partial charge in [0.1, 0.15) is 0 Å². The summed E-state index contributed by atoms with van der Waals surface area (Å²) >= 11 is 12.6. The van der Waals surface area contributed by atoms with E-state index >= 15 is 0 Å². The fraction of sp³-hybridized carbons (Fsp3) is 0.588. The zero-order chi connectivity index (χ0) is 29.2. The van der Waals surface area contributed by atoms with E-state index in [4.69, 9.17) is 23.2 Å². The molecule has 7 heteroatoms. The lowest BCUT2D eigenvalue weighted by atomic mass is 9.87. The molecule has 0 aromatic heterocycles. The van der Waals surface area contributed by atoms with Crippen LogP contribution < -0.4 is 0 Å². The van der Waals surface area contributed by atoms with Crippen LogP contribution in [-0.4, -0.2) is 72.3 Å². The van der Waals surface area contributed by atoms with Gasteiger partial charge >= 0.3 is 0 Å². The van der Waals surface area contributed by atoms with Crippen LogP contribution >= 0.6 is 23.2 Å². The van der Waals surface area contributed by atoms with Gasteiger partial charge in [0.15, 0.2) is 0 Å². The molecule has 1 heterocycles. The van der Waals surface area contributed by atoms with Crippen LogP contribution in [-0.2, 0) is 4.79 Å². The number of carbonyl (C=O) groups excluding carboxylic acids is 2. The van der Waals surface area contributed by atoms with Crippen LogP contribution in [0.2, 0.25) is 10.0 Å². The van der Waals surface area contributed by atoms with Crippen molar-refractivity contribution in [3.63, 3.8) is 0 Å². The minimum Gasteiger partial charge on any atom is -0.341 e. The second-order valence-corrected chi connectivity index (χ2v) is 12.8. The number of piperidine rings is 1. The number of rotatable bonds is 12. The van der Waals surface area contributed by atoms with Crippen LogP contribution in [0, 0.1) is 5.92 Å². The normalized spacial score (nSPS) is 17.8. The predicted molar refractivity (Wildman–Crippen MR) is 170 cm³/mol. The second-order valence-electron chi connectivity index (χ2n) is 12.0. The van der Waals surface area contributed by atoms with Crippen LogP contribution in [0.25, 0.3) is 0 Å². The summed E-state index contributed by atoms with van der Waals surface area (Å²) < 4.78 is 0. The minimum atomic E-state index is 0.0197. The van der Waals surface area contributed by atoms with Crippen molar-refractivity contribution >= 4 is 35.0 Å². The Balaban J connectivity index is 1.37. The largest absolute Gasteiger partial charge is 0.341 e. The van der Waals surface area contributed by atoms with Gasteiger partial charge in [0, 0.05) is 56.7 Å². The van der Waals surface area contributed by atoms with E-state index in [1.165, 1.54) is 19.3 Å². The number of nitrogens with zero attached hydrogens (tertiary/aromatic N) is 3. The summed E-state index contributed by atoms with van der Waals surface area (Å²) in [4.78, 5) is 33.3. The highest BCUT2D eigenvalue weighted by atomic mass is 35.5. The van der Waals surface area contributed by atoms with Crippen LogP contribution in [0.4, 0.5) is 0 Å². The molecule has 1 aliphatic heterocycles. The third-order valence-electron chi connectivity index (χ3n) is 9.06. The summed E-state index contributed by atoms with van der Waals surface area (Å²) in [6.45, 7) is 6.65. The van der Waals surface area contributed by atoms with Crippen LogP contribution in [0.5, 0.6) is 0 Å². The van der Waals surface area contributed by atoms with Crippen molar-refractivity contribution in [2.75, 3.05) is 39.8 Å². The molecular formula is C34H47Cl2N3O2. The Morgan fingerprint density at radius 2 is 1.66 bits per heavy atom. The second kappa shape index (κ2) is 16.0. The molecule has 224 valence electrons. The van der Waals surface area contributed by atoms with Gasteiger partial charge in [0.2, 0.25) is 5.91 Å². The number of hydrogen-bond donors (Lipinski definition) is 0. The first-order chi connectivity index (χ1) is 19.9. The lowest BCUT2D eigenvalue weighted by molar-refractivity contribution is -0.140. The molecule has 2 aliphatic rings.